The molecular formula is C17H18ClN3O. The van der Waals surface area contributed by atoms with Crippen molar-refractivity contribution in [1.82, 2.24) is 4.98 Å². The minimum Gasteiger partial charge on any atom is -0.325 e. The van der Waals surface area contributed by atoms with Crippen molar-refractivity contribution in [1.29, 1.82) is 0 Å². The number of aromatic nitrogens is 1. The molecule has 3 rings (SSSR count). The molecule has 4 nitrogen and oxygen atoms in total. The second kappa shape index (κ2) is 6.46. The summed E-state index contributed by atoms with van der Waals surface area (Å²) in [5, 5.41) is 0.217. The van der Waals surface area contributed by atoms with Crippen LogP contribution in [0.4, 0.5) is 5.69 Å². The number of rotatable bonds is 2. The molecule has 1 aliphatic rings. The van der Waals surface area contributed by atoms with Crippen LogP contribution in [0.1, 0.15) is 34.5 Å². The maximum atomic E-state index is 12.9. The van der Waals surface area contributed by atoms with Gasteiger partial charge in [0, 0.05) is 18.8 Å². The number of pyridine rings is 1. The largest absolute Gasteiger partial charge is 0.325 e. The van der Waals surface area contributed by atoms with Crippen LogP contribution in [0.5, 0.6) is 0 Å². The Balaban J connectivity index is 1.98. The van der Waals surface area contributed by atoms with E-state index in [1.54, 1.807) is 12.1 Å². The van der Waals surface area contributed by atoms with Gasteiger partial charge in [-0.05, 0) is 43.0 Å². The van der Waals surface area contributed by atoms with E-state index in [1.165, 1.54) is 5.56 Å². The van der Waals surface area contributed by atoms with Crippen molar-refractivity contribution >= 4 is 23.2 Å². The summed E-state index contributed by atoms with van der Waals surface area (Å²) < 4.78 is 0. The lowest BCUT2D eigenvalue weighted by atomic mass is 10.1. The zero-order chi connectivity index (χ0) is 15.5. The molecule has 0 saturated heterocycles. The zero-order valence-electron chi connectivity index (χ0n) is 12.3. The molecule has 2 heterocycles. The van der Waals surface area contributed by atoms with Crippen LogP contribution in [-0.4, -0.2) is 17.4 Å². The van der Waals surface area contributed by atoms with Crippen LogP contribution < -0.4 is 10.6 Å². The molecule has 0 fully saturated rings. The number of hydrogen-bond acceptors (Lipinski definition) is 3. The SMILES string of the molecule is NCc1ccc(C(=O)N2CCCCc3ccccc32)c(Cl)n1. The van der Waals surface area contributed by atoms with Crippen LogP contribution in [0.3, 0.4) is 0 Å². The van der Waals surface area contributed by atoms with Crippen molar-refractivity contribution in [2.75, 3.05) is 11.4 Å². The second-order valence-electron chi connectivity index (χ2n) is 5.39. The van der Waals surface area contributed by atoms with Crippen LogP contribution >= 0.6 is 11.6 Å². The smallest absolute Gasteiger partial charge is 0.261 e. The van der Waals surface area contributed by atoms with E-state index in [0.29, 0.717) is 24.3 Å². The Morgan fingerprint density at radius 3 is 2.82 bits per heavy atom. The molecule has 0 radical (unpaired) electrons. The predicted octanol–water partition coefficient (Wildman–Crippen LogP) is 3.18. The van der Waals surface area contributed by atoms with Crippen molar-refractivity contribution in [3.05, 3.63) is 58.4 Å². The predicted molar refractivity (Wildman–Crippen MR) is 88.2 cm³/mol. The molecule has 2 aromatic rings. The van der Waals surface area contributed by atoms with Gasteiger partial charge in [0.25, 0.3) is 5.91 Å². The van der Waals surface area contributed by atoms with Crippen LogP contribution in [0.25, 0.3) is 0 Å². The Hall–Kier alpha value is -1.91. The van der Waals surface area contributed by atoms with Crippen molar-refractivity contribution in [2.45, 2.75) is 25.8 Å². The Bertz CT molecular complexity index is 702. The zero-order valence-corrected chi connectivity index (χ0v) is 13.0. The summed E-state index contributed by atoms with van der Waals surface area (Å²) in [7, 11) is 0. The fourth-order valence-corrected chi connectivity index (χ4v) is 3.05. The van der Waals surface area contributed by atoms with Gasteiger partial charge in [0.05, 0.1) is 11.3 Å². The minimum atomic E-state index is -0.101. The molecule has 5 heteroatoms. The van der Waals surface area contributed by atoms with Gasteiger partial charge in [-0.3, -0.25) is 4.79 Å². The summed E-state index contributed by atoms with van der Waals surface area (Å²) in [4.78, 5) is 18.9. The average Bonchev–Trinajstić information content (AvgIpc) is 2.76. The first kappa shape index (κ1) is 15.0. The van der Waals surface area contributed by atoms with E-state index in [9.17, 15) is 4.79 Å². The van der Waals surface area contributed by atoms with E-state index >= 15 is 0 Å². The molecule has 1 amide bonds. The molecule has 1 aliphatic heterocycles. The van der Waals surface area contributed by atoms with E-state index in [1.807, 2.05) is 23.1 Å². The number of anilines is 1. The van der Waals surface area contributed by atoms with Gasteiger partial charge >= 0.3 is 0 Å². The maximum Gasteiger partial charge on any atom is 0.261 e. The molecule has 2 N–H and O–H groups in total. The molecule has 0 unspecified atom stereocenters. The second-order valence-corrected chi connectivity index (χ2v) is 5.75. The molecule has 1 aromatic heterocycles. The molecule has 1 aromatic carbocycles. The number of hydrogen-bond donors (Lipinski definition) is 1. The average molecular weight is 316 g/mol. The highest BCUT2D eigenvalue weighted by atomic mass is 35.5. The Morgan fingerprint density at radius 1 is 1.23 bits per heavy atom. The van der Waals surface area contributed by atoms with Gasteiger partial charge < -0.3 is 10.6 Å². The lowest BCUT2D eigenvalue weighted by Crippen LogP contribution is -2.32. The number of halogens is 1. The first-order valence-corrected chi connectivity index (χ1v) is 7.84. The van der Waals surface area contributed by atoms with Crippen molar-refractivity contribution in [3.63, 3.8) is 0 Å². The Morgan fingerprint density at radius 2 is 2.05 bits per heavy atom. The highest BCUT2D eigenvalue weighted by molar-refractivity contribution is 6.33. The number of nitrogens with zero attached hydrogens (tertiary/aromatic N) is 2. The number of amides is 1. The number of carbonyl (C=O) groups is 1. The van der Waals surface area contributed by atoms with Gasteiger partial charge in [-0.2, -0.15) is 0 Å². The van der Waals surface area contributed by atoms with Crippen LogP contribution in [0.15, 0.2) is 36.4 Å². The standard InChI is InChI=1S/C17H18ClN3O/c18-16-14(9-8-13(11-19)20-16)17(22)21-10-4-3-6-12-5-1-2-7-15(12)21/h1-2,5,7-9H,3-4,6,10-11,19H2. The first-order valence-electron chi connectivity index (χ1n) is 7.46. The molecule has 22 heavy (non-hydrogen) atoms. The third-order valence-electron chi connectivity index (χ3n) is 3.95. The molecule has 0 atom stereocenters. The number of para-hydroxylation sites is 1. The summed E-state index contributed by atoms with van der Waals surface area (Å²) in [5.74, 6) is -0.101. The van der Waals surface area contributed by atoms with Gasteiger partial charge in [0.15, 0.2) is 0 Å². The molecule has 0 bridgehead atoms. The van der Waals surface area contributed by atoms with Gasteiger partial charge in [0.2, 0.25) is 0 Å². The van der Waals surface area contributed by atoms with E-state index < -0.39 is 0 Å². The number of benzene rings is 1. The Labute approximate surface area is 134 Å². The molecule has 0 aliphatic carbocycles. The third kappa shape index (κ3) is 2.85. The number of nitrogens with two attached hydrogens (primary N) is 1. The van der Waals surface area contributed by atoms with E-state index in [2.05, 4.69) is 11.1 Å². The third-order valence-corrected chi connectivity index (χ3v) is 4.24. The quantitative estimate of drug-likeness (QED) is 0.866. The van der Waals surface area contributed by atoms with Gasteiger partial charge in [-0.25, -0.2) is 4.98 Å². The highest BCUT2D eigenvalue weighted by Crippen LogP contribution is 2.28. The Kier molecular flexibility index (Phi) is 4.41. The minimum absolute atomic E-state index is 0.101. The lowest BCUT2D eigenvalue weighted by Gasteiger charge is -2.23. The summed E-state index contributed by atoms with van der Waals surface area (Å²) in [6.07, 6.45) is 3.06. The fourth-order valence-electron chi connectivity index (χ4n) is 2.79. The molecule has 0 spiro atoms. The molecule has 0 saturated carbocycles. The summed E-state index contributed by atoms with van der Waals surface area (Å²) in [6.45, 7) is 1.01. The lowest BCUT2D eigenvalue weighted by molar-refractivity contribution is 0.0986. The molecule has 114 valence electrons. The van der Waals surface area contributed by atoms with E-state index in [-0.39, 0.29) is 11.1 Å². The van der Waals surface area contributed by atoms with Crippen LogP contribution in [-0.2, 0) is 13.0 Å². The maximum absolute atomic E-state index is 12.9. The van der Waals surface area contributed by atoms with Gasteiger partial charge in [0.1, 0.15) is 5.15 Å². The van der Waals surface area contributed by atoms with Gasteiger partial charge in [-0.15, -0.1) is 0 Å². The van der Waals surface area contributed by atoms with Crippen LogP contribution in [0, 0.1) is 0 Å². The highest BCUT2D eigenvalue weighted by Gasteiger charge is 2.24. The summed E-state index contributed by atoms with van der Waals surface area (Å²) in [5.41, 5.74) is 8.84. The number of carbonyl (C=O) groups excluding carboxylic acids is 1. The van der Waals surface area contributed by atoms with Crippen LogP contribution in [0.2, 0.25) is 5.15 Å². The van der Waals surface area contributed by atoms with Crippen molar-refractivity contribution in [2.24, 2.45) is 5.73 Å². The topological polar surface area (TPSA) is 59.2 Å². The van der Waals surface area contributed by atoms with E-state index in [0.717, 1.165) is 24.9 Å². The van der Waals surface area contributed by atoms with Crippen molar-refractivity contribution < 1.29 is 4.79 Å². The monoisotopic (exact) mass is 315 g/mol. The fraction of sp³-hybridized carbons (Fsp3) is 0.294. The number of fused-ring (bicyclic) bond motifs is 1. The summed E-state index contributed by atoms with van der Waals surface area (Å²) >= 11 is 6.18. The first-order chi connectivity index (χ1) is 10.7. The normalized spacial score (nSPS) is 14.4. The van der Waals surface area contributed by atoms with Crippen molar-refractivity contribution in [3.8, 4) is 0 Å². The molecular weight excluding hydrogens is 298 g/mol. The number of aryl methyl sites for hydroxylation is 1. The van der Waals surface area contributed by atoms with E-state index in [4.69, 9.17) is 17.3 Å². The van der Waals surface area contributed by atoms with Gasteiger partial charge in [-0.1, -0.05) is 29.8 Å². The summed E-state index contributed by atoms with van der Waals surface area (Å²) in [6, 6.07) is 11.5.